The van der Waals surface area contributed by atoms with Crippen molar-refractivity contribution in [2.24, 2.45) is 0 Å². The Labute approximate surface area is 147 Å². The first kappa shape index (κ1) is 17.0. The van der Waals surface area contributed by atoms with E-state index in [0.717, 1.165) is 49.1 Å². The molecule has 128 valence electrons. The molecule has 1 aliphatic heterocycles. The van der Waals surface area contributed by atoms with E-state index in [1.807, 2.05) is 36.0 Å². The van der Waals surface area contributed by atoms with Crippen LogP contribution < -0.4 is 10.2 Å². The van der Waals surface area contributed by atoms with Crippen molar-refractivity contribution >= 4 is 23.4 Å². The summed E-state index contributed by atoms with van der Waals surface area (Å²) in [7, 11) is 0. The van der Waals surface area contributed by atoms with Gasteiger partial charge in [0.25, 0.3) is 0 Å². The monoisotopic (exact) mass is 344 g/mol. The number of aliphatic hydroxyl groups excluding tert-OH is 1. The first-order valence-electron chi connectivity index (χ1n) is 8.44. The van der Waals surface area contributed by atoms with Gasteiger partial charge in [-0.3, -0.25) is 0 Å². The summed E-state index contributed by atoms with van der Waals surface area (Å²) in [4.78, 5) is 11.1. The second-order valence-electron chi connectivity index (χ2n) is 5.83. The molecule has 0 saturated carbocycles. The molecule has 2 heterocycles. The fraction of sp³-hybridized carbons (Fsp3) is 0.444. The zero-order valence-electron chi connectivity index (χ0n) is 13.8. The van der Waals surface area contributed by atoms with Crippen LogP contribution in [0, 0.1) is 0 Å². The molecule has 1 aromatic heterocycles. The lowest BCUT2D eigenvalue weighted by Crippen LogP contribution is -2.33. The van der Waals surface area contributed by atoms with Crippen LogP contribution in [0.25, 0.3) is 0 Å². The predicted molar refractivity (Wildman–Crippen MR) is 101 cm³/mol. The summed E-state index contributed by atoms with van der Waals surface area (Å²) in [5.74, 6) is 4.12. The van der Waals surface area contributed by atoms with E-state index in [1.165, 1.54) is 5.56 Å². The summed E-state index contributed by atoms with van der Waals surface area (Å²) in [6, 6.07) is 12.5. The van der Waals surface area contributed by atoms with E-state index in [1.54, 1.807) is 6.33 Å². The molecule has 2 N–H and O–H groups in total. The van der Waals surface area contributed by atoms with Gasteiger partial charge in [-0.2, -0.15) is 11.8 Å². The molecular formula is C18H24N4OS. The van der Waals surface area contributed by atoms with Gasteiger partial charge in [-0.05, 0) is 18.4 Å². The topological polar surface area (TPSA) is 61.3 Å². The summed E-state index contributed by atoms with van der Waals surface area (Å²) >= 11 is 1.99. The van der Waals surface area contributed by atoms with Gasteiger partial charge in [0.1, 0.15) is 18.0 Å². The van der Waals surface area contributed by atoms with Crippen LogP contribution in [0.1, 0.15) is 24.4 Å². The Morgan fingerprint density at radius 2 is 1.96 bits per heavy atom. The highest BCUT2D eigenvalue weighted by Gasteiger charge is 2.15. The molecule has 1 aliphatic rings. The average Bonchev–Trinajstić information content (AvgIpc) is 2.67. The number of aliphatic hydroxyl groups is 1. The molecule has 0 radical (unpaired) electrons. The third-order valence-electron chi connectivity index (χ3n) is 4.16. The van der Waals surface area contributed by atoms with Gasteiger partial charge < -0.3 is 15.3 Å². The summed E-state index contributed by atoms with van der Waals surface area (Å²) in [5.41, 5.74) is 1.21. The Balaban J connectivity index is 1.74. The van der Waals surface area contributed by atoms with Crippen LogP contribution in [0.4, 0.5) is 11.6 Å². The summed E-state index contributed by atoms with van der Waals surface area (Å²) in [6.45, 7) is 2.27. The molecule has 1 aromatic carbocycles. The van der Waals surface area contributed by atoms with Crippen molar-refractivity contribution in [2.45, 2.75) is 18.9 Å². The quantitative estimate of drug-likeness (QED) is 0.805. The molecule has 24 heavy (non-hydrogen) atoms. The van der Waals surface area contributed by atoms with Gasteiger partial charge in [0.05, 0.1) is 6.04 Å². The number of benzene rings is 1. The van der Waals surface area contributed by atoms with E-state index in [0.29, 0.717) is 0 Å². The SMILES string of the molecule is OCCC[C@@H](Nc1cc(N2CCSCC2)ncn1)c1ccccc1. The maximum Gasteiger partial charge on any atom is 0.134 e. The van der Waals surface area contributed by atoms with Crippen LogP contribution in [0.3, 0.4) is 0 Å². The molecule has 2 aromatic rings. The Bertz CT molecular complexity index is 619. The Morgan fingerprint density at radius 1 is 1.17 bits per heavy atom. The standard InChI is InChI=1S/C18H24N4OS/c23-10-4-7-16(15-5-2-1-3-6-15)21-17-13-18(20-14-19-17)22-8-11-24-12-9-22/h1-3,5-6,13-14,16,23H,4,7-12H2,(H,19,20,21)/t16-/m1/s1. The molecule has 0 aliphatic carbocycles. The predicted octanol–water partition coefficient (Wildman–Crippen LogP) is 2.96. The molecular weight excluding hydrogens is 320 g/mol. The lowest BCUT2D eigenvalue weighted by molar-refractivity contribution is 0.281. The maximum atomic E-state index is 9.18. The molecule has 1 saturated heterocycles. The van der Waals surface area contributed by atoms with E-state index in [2.05, 4.69) is 32.3 Å². The third-order valence-corrected chi connectivity index (χ3v) is 5.11. The van der Waals surface area contributed by atoms with Gasteiger partial charge >= 0.3 is 0 Å². The number of anilines is 2. The van der Waals surface area contributed by atoms with E-state index < -0.39 is 0 Å². The van der Waals surface area contributed by atoms with Crippen molar-refractivity contribution in [3.63, 3.8) is 0 Å². The third kappa shape index (κ3) is 4.61. The van der Waals surface area contributed by atoms with Gasteiger partial charge in [0, 0.05) is 37.3 Å². The van der Waals surface area contributed by atoms with Crippen molar-refractivity contribution in [3.8, 4) is 0 Å². The van der Waals surface area contributed by atoms with Crippen LogP contribution in [-0.2, 0) is 0 Å². The average molecular weight is 344 g/mol. The highest BCUT2D eigenvalue weighted by atomic mass is 32.2. The van der Waals surface area contributed by atoms with Crippen molar-refractivity contribution in [1.29, 1.82) is 0 Å². The fourth-order valence-corrected chi connectivity index (χ4v) is 3.78. The van der Waals surface area contributed by atoms with Crippen molar-refractivity contribution < 1.29 is 5.11 Å². The first-order chi connectivity index (χ1) is 11.9. The van der Waals surface area contributed by atoms with E-state index in [-0.39, 0.29) is 12.6 Å². The molecule has 3 rings (SSSR count). The fourth-order valence-electron chi connectivity index (χ4n) is 2.87. The molecule has 6 heteroatoms. The number of thioether (sulfide) groups is 1. The molecule has 5 nitrogen and oxygen atoms in total. The second kappa shape index (κ2) is 8.89. The normalized spacial score (nSPS) is 16.0. The van der Waals surface area contributed by atoms with Crippen LogP contribution in [-0.4, -0.2) is 46.3 Å². The number of rotatable bonds is 7. The smallest absolute Gasteiger partial charge is 0.134 e. The minimum atomic E-state index is 0.137. The van der Waals surface area contributed by atoms with E-state index in [4.69, 9.17) is 0 Å². The van der Waals surface area contributed by atoms with Crippen molar-refractivity contribution in [1.82, 2.24) is 9.97 Å². The van der Waals surface area contributed by atoms with Crippen molar-refractivity contribution in [2.75, 3.05) is 41.4 Å². The van der Waals surface area contributed by atoms with Gasteiger partial charge in [0.15, 0.2) is 0 Å². The molecule has 1 atom stereocenters. The highest BCUT2D eigenvalue weighted by molar-refractivity contribution is 7.99. The molecule has 0 spiro atoms. The number of hydrogen-bond donors (Lipinski definition) is 2. The largest absolute Gasteiger partial charge is 0.396 e. The van der Waals surface area contributed by atoms with E-state index >= 15 is 0 Å². The lowest BCUT2D eigenvalue weighted by atomic mass is 10.0. The summed E-state index contributed by atoms with van der Waals surface area (Å²) < 4.78 is 0. The number of nitrogens with zero attached hydrogens (tertiary/aromatic N) is 3. The second-order valence-corrected chi connectivity index (χ2v) is 7.06. The van der Waals surface area contributed by atoms with Crippen LogP contribution in [0.15, 0.2) is 42.7 Å². The van der Waals surface area contributed by atoms with Crippen LogP contribution >= 0.6 is 11.8 Å². The Morgan fingerprint density at radius 3 is 2.71 bits per heavy atom. The van der Waals surface area contributed by atoms with Gasteiger partial charge in [-0.1, -0.05) is 30.3 Å². The lowest BCUT2D eigenvalue weighted by Gasteiger charge is -2.28. The number of nitrogens with one attached hydrogen (secondary N) is 1. The van der Waals surface area contributed by atoms with Gasteiger partial charge in [0.2, 0.25) is 0 Å². The molecule has 0 amide bonds. The van der Waals surface area contributed by atoms with Gasteiger partial charge in [-0.15, -0.1) is 0 Å². The zero-order chi connectivity index (χ0) is 16.6. The van der Waals surface area contributed by atoms with Crippen LogP contribution in [0.2, 0.25) is 0 Å². The molecule has 0 bridgehead atoms. The summed E-state index contributed by atoms with van der Waals surface area (Å²) in [6.07, 6.45) is 3.25. The minimum Gasteiger partial charge on any atom is -0.396 e. The zero-order valence-corrected chi connectivity index (χ0v) is 14.6. The van der Waals surface area contributed by atoms with Gasteiger partial charge in [-0.25, -0.2) is 9.97 Å². The van der Waals surface area contributed by atoms with Crippen molar-refractivity contribution in [3.05, 3.63) is 48.3 Å². The number of hydrogen-bond acceptors (Lipinski definition) is 6. The molecule has 1 fully saturated rings. The first-order valence-corrected chi connectivity index (χ1v) is 9.59. The number of aromatic nitrogens is 2. The maximum absolute atomic E-state index is 9.18. The highest BCUT2D eigenvalue weighted by Crippen LogP contribution is 2.25. The molecule has 0 unspecified atom stereocenters. The van der Waals surface area contributed by atoms with Crippen LogP contribution in [0.5, 0.6) is 0 Å². The summed E-state index contributed by atoms with van der Waals surface area (Å²) in [5, 5.41) is 12.7. The Kier molecular flexibility index (Phi) is 6.32. The minimum absolute atomic E-state index is 0.137. The Hall–Kier alpha value is -1.79. The van der Waals surface area contributed by atoms with E-state index in [9.17, 15) is 5.11 Å².